The molecule has 1 unspecified atom stereocenters. The highest BCUT2D eigenvalue weighted by atomic mass is 32.2. The molecule has 30 heavy (non-hydrogen) atoms. The Morgan fingerprint density at radius 2 is 1.60 bits per heavy atom. The first-order valence-corrected chi connectivity index (χ1v) is 11.0. The van der Waals surface area contributed by atoms with Crippen molar-refractivity contribution in [3.63, 3.8) is 0 Å². The summed E-state index contributed by atoms with van der Waals surface area (Å²) in [4.78, 5) is 0.230. The molecule has 3 aromatic rings. The second kappa shape index (κ2) is 8.04. The van der Waals surface area contributed by atoms with Crippen LogP contribution in [-0.2, 0) is 16.6 Å². The van der Waals surface area contributed by atoms with Crippen molar-refractivity contribution < 1.29 is 22.6 Å². The largest absolute Gasteiger partial charge is 0.497 e. The third kappa shape index (κ3) is 3.42. The zero-order chi connectivity index (χ0) is 21.3. The minimum Gasteiger partial charge on any atom is -0.497 e. The molecular formula is C22H24N2O5S. The van der Waals surface area contributed by atoms with E-state index in [1.165, 1.54) is 0 Å². The summed E-state index contributed by atoms with van der Waals surface area (Å²) in [6.07, 6.45) is 1.97. The summed E-state index contributed by atoms with van der Waals surface area (Å²) in [5, 5.41) is 0. The first-order valence-electron chi connectivity index (χ1n) is 9.52. The molecular weight excluding hydrogens is 404 g/mol. The molecule has 0 radical (unpaired) electrons. The Morgan fingerprint density at radius 3 is 2.27 bits per heavy atom. The Kier molecular flexibility index (Phi) is 5.44. The molecule has 2 aromatic carbocycles. The van der Waals surface area contributed by atoms with Gasteiger partial charge in [-0.25, -0.2) is 8.42 Å². The van der Waals surface area contributed by atoms with E-state index < -0.39 is 16.1 Å². The number of sulfonamides is 1. The van der Waals surface area contributed by atoms with Crippen LogP contribution < -0.4 is 14.2 Å². The number of benzene rings is 2. The van der Waals surface area contributed by atoms with Gasteiger partial charge in [-0.05, 0) is 54.1 Å². The van der Waals surface area contributed by atoms with Crippen LogP contribution in [0.3, 0.4) is 0 Å². The summed E-state index contributed by atoms with van der Waals surface area (Å²) in [5.74, 6) is 1.76. The molecule has 158 valence electrons. The fraction of sp³-hybridized carbons (Fsp3) is 0.273. The summed E-state index contributed by atoms with van der Waals surface area (Å²) < 4.78 is 46.8. The number of hydrogen-bond donors (Lipinski definition) is 0. The maximum absolute atomic E-state index is 13.6. The van der Waals surface area contributed by atoms with Crippen LogP contribution in [0.2, 0.25) is 0 Å². The van der Waals surface area contributed by atoms with Crippen molar-refractivity contribution in [3.05, 3.63) is 72.1 Å². The van der Waals surface area contributed by atoms with Crippen LogP contribution in [0.25, 0.3) is 0 Å². The van der Waals surface area contributed by atoms with E-state index in [0.29, 0.717) is 30.3 Å². The smallest absolute Gasteiger partial charge is 0.244 e. The third-order valence-corrected chi connectivity index (χ3v) is 7.26. The van der Waals surface area contributed by atoms with Crippen molar-refractivity contribution in [2.75, 3.05) is 27.9 Å². The molecule has 1 aromatic heterocycles. The molecule has 7 nitrogen and oxygen atoms in total. The van der Waals surface area contributed by atoms with Crippen LogP contribution in [0, 0.1) is 0 Å². The van der Waals surface area contributed by atoms with Crippen molar-refractivity contribution in [2.45, 2.75) is 17.5 Å². The highest BCUT2D eigenvalue weighted by Gasteiger charge is 2.38. The lowest BCUT2D eigenvalue weighted by Gasteiger charge is -2.36. The van der Waals surface area contributed by atoms with Crippen LogP contribution >= 0.6 is 0 Å². The average molecular weight is 429 g/mol. The number of ether oxygens (including phenoxy) is 3. The SMILES string of the molecule is COc1ccc(S(=O)(=O)N2CCn3cccc3C2c2ccc(OC)c(OC)c2)cc1. The molecule has 1 aliphatic rings. The lowest BCUT2D eigenvalue weighted by atomic mass is 10.0. The highest BCUT2D eigenvalue weighted by Crippen LogP contribution is 2.39. The fourth-order valence-corrected chi connectivity index (χ4v) is 5.44. The predicted octanol–water partition coefficient (Wildman–Crippen LogP) is 3.31. The van der Waals surface area contributed by atoms with Crippen molar-refractivity contribution in [1.29, 1.82) is 0 Å². The van der Waals surface area contributed by atoms with Gasteiger partial charge in [-0.15, -0.1) is 0 Å². The van der Waals surface area contributed by atoms with Gasteiger partial charge in [0.2, 0.25) is 10.0 Å². The first kappa shape index (κ1) is 20.3. The van der Waals surface area contributed by atoms with E-state index >= 15 is 0 Å². The van der Waals surface area contributed by atoms with Crippen LogP contribution in [0.1, 0.15) is 17.3 Å². The zero-order valence-electron chi connectivity index (χ0n) is 17.1. The first-order chi connectivity index (χ1) is 14.5. The van der Waals surface area contributed by atoms with E-state index in [2.05, 4.69) is 4.57 Å². The Labute approximate surface area is 176 Å². The summed E-state index contributed by atoms with van der Waals surface area (Å²) in [6.45, 7) is 0.941. The average Bonchev–Trinajstić information content (AvgIpc) is 3.27. The van der Waals surface area contributed by atoms with Gasteiger partial charge in [-0.1, -0.05) is 6.07 Å². The van der Waals surface area contributed by atoms with Gasteiger partial charge in [-0.3, -0.25) is 0 Å². The van der Waals surface area contributed by atoms with E-state index in [1.54, 1.807) is 56.0 Å². The van der Waals surface area contributed by atoms with E-state index in [0.717, 1.165) is 11.3 Å². The quantitative estimate of drug-likeness (QED) is 0.603. The Bertz CT molecular complexity index is 1140. The van der Waals surface area contributed by atoms with Gasteiger partial charge >= 0.3 is 0 Å². The van der Waals surface area contributed by atoms with E-state index in [4.69, 9.17) is 14.2 Å². The molecule has 4 rings (SSSR count). The highest BCUT2D eigenvalue weighted by molar-refractivity contribution is 7.89. The van der Waals surface area contributed by atoms with Crippen molar-refractivity contribution >= 4 is 10.0 Å². The lowest BCUT2D eigenvalue weighted by molar-refractivity contribution is 0.296. The maximum Gasteiger partial charge on any atom is 0.244 e. The van der Waals surface area contributed by atoms with Gasteiger partial charge in [0.1, 0.15) is 5.75 Å². The second-order valence-corrected chi connectivity index (χ2v) is 8.83. The standard InChI is InChI=1S/C22H24N2O5S/c1-27-17-7-9-18(10-8-17)30(25,26)24-14-13-23-12-4-5-19(23)22(24)16-6-11-20(28-2)21(15-16)29-3/h4-12,15,22H,13-14H2,1-3H3. The van der Waals surface area contributed by atoms with E-state index in [-0.39, 0.29) is 4.90 Å². The monoisotopic (exact) mass is 428 g/mol. The van der Waals surface area contributed by atoms with Gasteiger partial charge in [0.15, 0.2) is 11.5 Å². The third-order valence-electron chi connectivity index (χ3n) is 5.38. The van der Waals surface area contributed by atoms with E-state index in [9.17, 15) is 8.42 Å². The molecule has 2 heterocycles. The topological polar surface area (TPSA) is 70.0 Å². The molecule has 0 fully saturated rings. The Balaban J connectivity index is 1.82. The fourth-order valence-electron chi connectivity index (χ4n) is 3.86. The van der Waals surface area contributed by atoms with Crippen LogP contribution in [0.5, 0.6) is 17.2 Å². The Morgan fingerprint density at radius 1 is 0.867 bits per heavy atom. The minimum atomic E-state index is -3.75. The number of nitrogens with zero attached hydrogens (tertiary/aromatic N) is 2. The maximum atomic E-state index is 13.6. The predicted molar refractivity (Wildman–Crippen MR) is 113 cm³/mol. The number of rotatable bonds is 6. The van der Waals surface area contributed by atoms with Gasteiger partial charge in [-0.2, -0.15) is 4.31 Å². The summed E-state index contributed by atoms with van der Waals surface area (Å²) >= 11 is 0. The summed E-state index contributed by atoms with van der Waals surface area (Å²) in [7, 11) is 0.943. The van der Waals surface area contributed by atoms with Crippen molar-refractivity contribution in [2.24, 2.45) is 0 Å². The van der Waals surface area contributed by atoms with Gasteiger partial charge < -0.3 is 18.8 Å². The van der Waals surface area contributed by atoms with Gasteiger partial charge in [0.05, 0.1) is 32.3 Å². The molecule has 1 aliphatic heterocycles. The molecule has 0 saturated heterocycles. The summed E-state index contributed by atoms with van der Waals surface area (Å²) in [5.41, 5.74) is 1.72. The second-order valence-electron chi connectivity index (χ2n) is 6.93. The van der Waals surface area contributed by atoms with E-state index in [1.807, 2.05) is 30.5 Å². The van der Waals surface area contributed by atoms with Crippen LogP contribution in [0.15, 0.2) is 65.7 Å². The van der Waals surface area contributed by atoms with Crippen molar-refractivity contribution in [1.82, 2.24) is 8.87 Å². The Hall–Kier alpha value is -2.97. The van der Waals surface area contributed by atoms with Crippen molar-refractivity contribution in [3.8, 4) is 17.2 Å². The lowest BCUT2D eigenvalue weighted by Crippen LogP contribution is -2.42. The number of methoxy groups -OCH3 is 3. The molecule has 0 N–H and O–H groups in total. The number of hydrogen-bond acceptors (Lipinski definition) is 5. The van der Waals surface area contributed by atoms with Gasteiger partial charge in [0, 0.05) is 25.0 Å². The molecule has 0 aliphatic carbocycles. The van der Waals surface area contributed by atoms with Crippen LogP contribution in [-0.4, -0.2) is 45.2 Å². The normalized spacial score (nSPS) is 16.7. The molecule has 0 amide bonds. The molecule has 1 atom stereocenters. The van der Waals surface area contributed by atoms with Crippen LogP contribution in [0.4, 0.5) is 0 Å². The molecule has 0 spiro atoms. The number of aromatic nitrogens is 1. The minimum absolute atomic E-state index is 0.230. The van der Waals surface area contributed by atoms with Gasteiger partial charge in [0.25, 0.3) is 0 Å². The molecule has 8 heteroatoms. The molecule has 0 saturated carbocycles. The zero-order valence-corrected chi connectivity index (χ0v) is 17.9. The number of fused-ring (bicyclic) bond motifs is 1. The summed E-state index contributed by atoms with van der Waals surface area (Å²) in [6, 6.07) is 15.4. The molecule has 0 bridgehead atoms.